The van der Waals surface area contributed by atoms with E-state index in [1.807, 2.05) is 72.1 Å². The minimum absolute atomic E-state index is 0.0714. The first-order valence-corrected chi connectivity index (χ1v) is 11.8. The van der Waals surface area contributed by atoms with E-state index in [0.717, 1.165) is 58.7 Å². The van der Waals surface area contributed by atoms with E-state index in [2.05, 4.69) is 34.2 Å². The minimum atomic E-state index is -0.0714. The second-order valence-corrected chi connectivity index (χ2v) is 9.13. The molecule has 0 aliphatic carbocycles. The van der Waals surface area contributed by atoms with E-state index in [-0.39, 0.29) is 11.8 Å². The van der Waals surface area contributed by atoms with Crippen LogP contribution in [0.3, 0.4) is 0 Å². The third-order valence-electron chi connectivity index (χ3n) is 6.69. The Hall–Kier alpha value is -3.74. The van der Waals surface area contributed by atoms with Crippen LogP contribution >= 0.6 is 0 Å². The summed E-state index contributed by atoms with van der Waals surface area (Å²) in [5, 5.41) is 15.0. The maximum Gasteiger partial charge on any atom is 0.227 e. The molecule has 2 aromatic carbocycles. The average Bonchev–Trinajstić information content (AvgIpc) is 3.23. The van der Waals surface area contributed by atoms with Gasteiger partial charge in [0.05, 0.1) is 28.4 Å². The van der Waals surface area contributed by atoms with E-state index in [4.69, 9.17) is 5.10 Å². The largest absolute Gasteiger partial charge is 0.352 e. The first-order chi connectivity index (χ1) is 16.5. The Morgan fingerprint density at radius 1 is 1.03 bits per heavy atom. The predicted octanol–water partition coefficient (Wildman–Crippen LogP) is 4.31. The van der Waals surface area contributed by atoms with E-state index in [1.165, 1.54) is 0 Å². The Morgan fingerprint density at radius 2 is 1.74 bits per heavy atom. The number of piperidine rings is 1. The van der Waals surface area contributed by atoms with Gasteiger partial charge in [0, 0.05) is 26.7 Å². The zero-order valence-electron chi connectivity index (χ0n) is 20.0. The highest BCUT2D eigenvalue weighted by Crippen LogP contribution is 2.32. The number of hydrogen-bond donors (Lipinski definition) is 0. The molecule has 1 aliphatic rings. The maximum absolute atomic E-state index is 13.3. The Morgan fingerprint density at radius 3 is 2.47 bits per heavy atom. The van der Waals surface area contributed by atoms with Gasteiger partial charge in [0.15, 0.2) is 5.82 Å². The second-order valence-electron chi connectivity index (χ2n) is 9.13. The van der Waals surface area contributed by atoms with Crippen LogP contribution in [0.25, 0.3) is 16.6 Å². The van der Waals surface area contributed by atoms with E-state index in [0.29, 0.717) is 13.1 Å². The van der Waals surface area contributed by atoms with Gasteiger partial charge in [-0.1, -0.05) is 48.5 Å². The van der Waals surface area contributed by atoms with Crippen molar-refractivity contribution in [2.24, 2.45) is 5.92 Å². The molecule has 0 bridgehead atoms. The van der Waals surface area contributed by atoms with Gasteiger partial charge in [-0.05, 0) is 44.4 Å². The highest BCUT2D eigenvalue weighted by molar-refractivity contribution is 5.92. The molecule has 1 saturated heterocycles. The van der Waals surface area contributed by atoms with Crippen molar-refractivity contribution in [3.8, 4) is 5.69 Å². The number of anilines is 1. The summed E-state index contributed by atoms with van der Waals surface area (Å²) in [4.78, 5) is 17.3. The fraction of sp³-hybridized carbons (Fsp3) is 0.333. The molecule has 7 heteroatoms. The van der Waals surface area contributed by atoms with Crippen LogP contribution in [0.2, 0.25) is 0 Å². The van der Waals surface area contributed by atoms with Crippen LogP contribution in [0.15, 0.2) is 60.7 Å². The zero-order chi connectivity index (χ0) is 23.7. The summed E-state index contributed by atoms with van der Waals surface area (Å²) in [6, 6.07) is 20.2. The van der Waals surface area contributed by atoms with Crippen molar-refractivity contribution < 1.29 is 4.79 Å². The highest BCUT2D eigenvalue weighted by Gasteiger charge is 2.30. The molecule has 0 saturated carbocycles. The molecule has 1 fully saturated rings. The van der Waals surface area contributed by atoms with Crippen molar-refractivity contribution in [1.29, 1.82) is 0 Å². The van der Waals surface area contributed by atoms with E-state index in [1.54, 1.807) is 0 Å². The number of benzene rings is 2. The second kappa shape index (κ2) is 9.25. The third kappa shape index (κ3) is 4.14. The Kier molecular flexibility index (Phi) is 6.01. The topological polar surface area (TPSA) is 67.2 Å². The lowest BCUT2D eigenvalue weighted by molar-refractivity contribution is -0.135. The van der Waals surface area contributed by atoms with Crippen molar-refractivity contribution >= 4 is 22.6 Å². The van der Waals surface area contributed by atoms with Gasteiger partial charge in [-0.25, -0.2) is 4.68 Å². The standard InChI is InChI=1S/C27H30N6O/c1-19-24-20(2)33(23-14-8-5-9-15-23)30-25(24)26(29-28-19)32-16-10-13-22(18-32)27(34)31(3)17-21-11-6-4-7-12-21/h4-9,11-12,14-15,22H,10,13,16-18H2,1-3H3/t22-/m1/s1. The number of amides is 1. The lowest BCUT2D eigenvalue weighted by atomic mass is 9.96. The number of carbonyl (C=O) groups excluding carboxylic acids is 1. The Bertz CT molecular complexity index is 1300. The number of aromatic nitrogens is 4. The number of hydrogen-bond acceptors (Lipinski definition) is 5. The van der Waals surface area contributed by atoms with Crippen LogP contribution < -0.4 is 4.90 Å². The number of nitrogens with zero attached hydrogens (tertiary/aromatic N) is 6. The molecule has 0 N–H and O–H groups in total. The van der Waals surface area contributed by atoms with Crippen LogP contribution in [0.5, 0.6) is 0 Å². The van der Waals surface area contributed by atoms with Gasteiger partial charge in [0.2, 0.25) is 5.91 Å². The SMILES string of the molecule is Cc1nnc(N2CCC[C@@H](C(=O)N(C)Cc3ccccc3)C2)c2nn(-c3ccccc3)c(C)c12. The molecule has 2 aromatic heterocycles. The summed E-state index contributed by atoms with van der Waals surface area (Å²) in [6.45, 7) is 6.13. The van der Waals surface area contributed by atoms with E-state index < -0.39 is 0 Å². The van der Waals surface area contributed by atoms with Crippen molar-refractivity contribution in [3.05, 3.63) is 77.6 Å². The quantitative estimate of drug-likeness (QED) is 0.450. The molecule has 1 amide bonds. The summed E-state index contributed by atoms with van der Waals surface area (Å²) in [5.41, 5.74) is 4.90. The van der Waals surface area contributed by atoms with Crippen LogP contribution in [0, 0.1) is 19.8 Å². The summed E-state index contributed by atoms with van der Waals surface area (Å²) >= 11 is 0. The molecule has 3 heterocycles. The number of fused-ring (bicyclic) bond motifs is 1. The Labute approximate surface area is 200 Å². The fourth-order valence-corrected chi connectivity index (χ4v) is 4.96. The fourth-order valence-electron chi connectivity index (χ4n) is 4.96. The molecule has 1 atom stereocenters. The van der Waals surface area contributed by atoms with Crippen molar-refractivity contribution in [3.63, 3.8) is 0 Å². The van der Waals surface area contributed by atoms with E-state index >= 15 is 0 Å². The Balaban J connectivity index is 1.42. The number of para-hydroxylation sites is 1. The van der Waals surface area contributed by atoms with Gasteiger partial charge >= 0.3 is 0 Å². The van der Waals surface area contributed by atoms with Gasteiger partial charge in [0.25, 0.3) is 0 Å². The predicted molar refractivity (Wildman–Crippen MR) is 134 cm³/mol. The summed E-state index contributed by atoms with van der Waals surface area (Å²) < 4.78 is 1.96. The highest BCUT2D eigenvalue weighted by atomic mass is 16.2. The summed E-state index contributed by atoms with van der Waals surface area (Å²) in [6.07, 6.45) is 1.82. The normalized spacial score (nSPS) is 16.1. The van der Waals surface area contributed by atoms with E-state index in [9.17, 15) is 4.79 Å². The first kappa shape index (κ1) is 22.1. The average molecular weight is 455 g/mol. The molecule has 5 rings (SSSR count). The van der Waals surface area contributed by atoms with Crippen LogP contribution in [-0.2, 0) is 11.3 Å². The molecule has 34 heavy (non-hydrogen) atoms. The monoisotopic (exact) mass is 454 g/mol. The van der Waals surface area contributed by atoms with Gasteiger partial charge in [-0.2, -0.15) is 10.2 Å². The number of rotatable bonds is 5. The smallest absolute Gasteiger partial charge is 0.227 e. The van der Waals surface area contributed by atoms with Crippen molar-refractivity contribution in [2.45, 2.75) is 33.2 Å². The molecule has 4 aromatic rings. The molecular formula is C27H30N6O. The number of aryl methyl sites for hydroxylation is 2. The maximum atomic E-state index is 13.3. The van der Waals surface area contributed by atoms with Crippen molar-refractivity contribution in [2.75, 3.05) is 25.0 Å². The third-order valence-corrected chi connectivity index (χ3v) is 6.69. The first-order valence-electron chi connectivity index (χ1n) is 11.8. The molecule has 7 nitrogen and oxygen atoms in total. The van der Waals surface area contributed by atoms with Gasteiger partial charge in [-0.15, -0.1) is 5.10 Å². The molecule has 0 unspecified atom stereocenters. The van der Waals surface area contributed by atoms with Gasteiger partial charge in [-0.3, -0.25) is 4.79 Å². The van der Waals surface area contributed by atoms with Crippen molar-refractivity contribution in [1.82, 2.24) is 24.9 Å². The number of carbonyl (C=O) groups is 1. The molecule has 1 aliphatic heterocycles. The molecule has 0 spiro atoms. The lowest BCUT2D eigenvalue weighted by Crippen LogP contribution is -2.44. The van der Waals surface area contributed by atoms with Gasteiger partial charge in [0.1, 0.15) is 5.52 Å². The molecule has 0 radical (unpaired) electrons. The summed E-state index contributed by atoms with van der Waals surface area (Å²) in [5.74, 6) is 0.871. The molecule has 174 valence electrons. The zero-order valence-corrected chi connectivity index (χ0v) is 20.0. The summed E-state index contributed by atoms with van der Waals surface area (Å²) in [7, 11) is 1.89. The van der Waals surface area contributed by atoms with Crippen LogP contribution in [0.1, 0.15) is 29.8 Å². The van der Waals surface area contributed by atoms with Crippen LogP contribution in [-0.4, -0.2) is 50.9 Å². The lowest BCUT2D eigenvalue weighted by Gasteiger charge is -2.34. The minimum Gasteiger partial charge on any atom is -0.352 e. The van der Waals surface area contributed by atoms with Crippen LogP contribution in [0.4, 0.5) is 5.82 Å². The van der Waals surface area contributed by atoms with Gasteiger partial charge < -0.3 is 9.80 Å². The molecular weight excluding hydrogens is 424 g/mol.